The fraction of sp³-hybridized carbons (Fsp3) is 0.500. The van der Waals surface area contributed by atoms with E-state index >= 15 is 0 Å². The summed E-state index contributed by atoms with van der Waals surface area (Å²) in [5, 5.41) is 3.24. The Morgan fingerprint density at radius 2 is 1.79 bits per heavy atom. The van der Waals surface area contributed by atoms with Crippen molar-refractivity contribution in [3.8, 4) is 5.69 Å². The third-order valence-electron chi connectivity index (χ3n) is 6.19. The molecule has 1 aromatic heterocycles. The highest BCUT2D eigenvalue weighted by Gasteiger charge is 2.40. The van der Waals surface area contributed by atoms with Crippen molar-refractivity contribution in [1.29, 1.82) is 0 Å². The number of nitrogens with zero attached hydrogens (tertiary/aromatic N) is 3. The summed E-state index contributed by atoms with van der Waals surface area (Å²) in [7, 11) is 2.18. The molecule has 2 aliphatic rings. The number of piperidine rings is 1. The SMILES string of the molecule is CN1CCC(CNC(=O)c2cccc(-n3cccc3)c2)(N2CCOCC2)CC1. The predicted octanol–water partition coefficient (Wildman–Crippen LogP) is 2.00. The normalized spacial score (nSPS) is 20.8. The largest absolute Gasteiger partial charge is 0.379 e. The van der Waals surface area contributed by atoms with E-state index < -0.39 is 0 Å². The predicted molar refractivity (Wildman–Crippen MR) is 110 cm³/mol. The molecule has 1 N–H and O–H groups in total. The highest BCUT2D eigenvalue weighted by molar-refractivity contribution is 5.94. The molecule has 1 amide bonds. The summed E-state index contributed by atoms with van der Waals surface area (Å²) in [6.07, 6.45) is 6.13. The van der Waals surface area contributed by atoms with Crippen LogP contribution >= 0.6 is 0 Å². The lowest BCUT2D eigenvalue weighted by molar-refractivity contribution is -0.0439. The molecule has 3 heterocycles. The molecule has 28 heavy (non-hydrogen) atoms. The molecular weight excluding hydrogens is 352 g/mol. The van der Waals surface area contributed by atoms with Crippen LogP contribution in [0.3, 0.4) is 0 Å². The number of ether oxygens (including phenoxy) is 1. The van der Waals surface area contributed by atoms with Crippen LogP contribution in [0.15, 0.2) is 48.8 Å². The number of benzene rings is 1. The molecule has 2 fully saturated rings. The highest BCUT2D eigenvalue weighted by atomic mass is 16.5. The molecule has 0 unspecified atom stereocenters. The first kappa shape index (κ1) is 19.2. The number of morpholine rings is 1. The van der Waals surface area contributed by atoms with E-state index in [1.54, 1.807) is 0 Å². The number of aromatic nitrogens is 1. The average molecular weight is 383 g/mol. The van der Waals surface area contributed by atoms with Gasteiger partial charge in [-0.1, -0.05) is 6.07 Å². The van der Waals surface area contributed by atoms with Gasteiger partial charge in [0.15, 0.2) is 0 Å². The van der Waals surface area contributed by atoms with Crippen LogP contribution in [-0.2, 0) is 4.74 Å². The van der Waals surface area contributed by atoms with Crippen molar-refractivity contribution in [2.75, 3.05) is 53.0 Å². The van der Waals surface area contributed by atoms with Gasteiger partial charge in [0, 0.05) is 48.8 Å². The van der Waals surface area contributed by atoms with Crippen LogP contribution in [0.2, 0.25) is 0 Å². The molecule has 150 valence electrons. The number of hydrogen-bond acceptors (Lipinski definition) is 4. The maximum Gasteiger partial charge on any atom is 0.251 e. The van der Waals surface area contributed by atoms with Gasteiger partial charge in [-0.3, -0.25) is 9.69 Å². The van der Waals surface area contributed by atoms with E-state index in [9.17, 15) is 4.79 Å². The minimum Gasteiger partial charge on any atom is -0.379 e. The second kappa shape index (κ2) is 8.47. The third kappa shape index (κ3) is 4.14. The standard InChI is InChI=1S/C22H30N4O2/c1-24-11-7-22(8-12-24,26-13-15-28-16-14-26)18-23-21(27)19-5-4-6-20(17-19)25-9-2-3-10-25/h2-6,9-10,17H,7-8,11-16,18H2,1H3,(H,23,27). The molecule has 0 bridgehead atoms. The smallest absolute Gasteiger partial charge is 0.251 e. The monoisotopic (exact) mass is 382 g/mol. The average Bonchev–Trinajstić information content (AvgIpc) is 3.29. The Hall–Kier alpha value is -2.15. The highest BCUT2D eigenvalue weighted by Crippen LogP contribution is 2.29. The zero-order valence-electron chi connectivity index (χ0n) is 16.6. The van der Waals surface area contributed by atoms with E-state index in [1.807, 2.05) is 53.4 Å². The van der Waals surface area contributed by atoms with Crippen LogP contribution in [0.25, 0.3) is 5.69 Å². The first-order valence-electron chi connectivity index (χ1n) is 10.2. The zero-order valence-corrected chi connectivity index (χ0v) is 16.6. The van der Waals surface area contributed by atoms with Crippen LogP contribution in [-0.4, -0.2) is 78.8 Å². The number of amides is 1. The first-order chi connectivity index (χ1) is 13.7. The summed E-state index contributed by atoms with van der Waals surface area (Å²) in [5.74, 6) is 0.000527. The topological polar surface area (TPSA) is 49.7 Å². The van der Waals surface area contributed by atoms with Gasteiger partial charge in [0.2, 0.25) is 0 Å². The summed E-state index contributed by atoms with van der Waals surface area (Å²) in [5.41, 5.74) is 1.74. The Kier molecular flexibility index (Phi) is 5.80. The minimum absolute atomic E-state index is 0.000527. The van der Waals surface area contributed by atoms with Gasteiger partial charge in [0.05, 0.1) is 13.2 Å². The molecule has 0 aliphatic carbocycles. The van der Waals surface area contributed by atoms with Gasteiger partial charge < -0.3 is 19.5 Å². The molecule has 0 spiro atoms. The molecule has 4 rings (SSSR count). The van der Waals surface area contributed by atoms with Crippen LogP contribution < -0.4 is 5.32 Å². The van der Waals surface area contributed by atoms with E-state index in [1.165, 1.54) is 0 Å². The lowest BCUT2D eigenvalue weighted by atomic mass is 9.85. The van der Waals surface area contributed by atoms with Gasteiger partial charge in [0.25, 0.3) is 5.91 Å². The zero-order chi connectivity index (χ0) is 19.4. The Labute approximate surface area is 167 Å². The number of hydrogen-bond donors (Lipinski definition) is 1. The summed E-state index contributed by atoms with van der Waals surface area (Å²) < 4.78 is 7.58. The molecular formula is C22H30N4O2. The van der Waals surface area contributed by atoms with Gasteiger partial charge >= 0.3 is 0 Å². The second-order valence-corrected chi connectivity index (χ2v) is 7.95. The summed E-state index contributed by atoms with van der Waals surface area (Å²) >= 11 is 0. The van der Waals surface area contributed by atoms with Crippen LogP contribution in [0.1, 0.15) is 23.2 Å². The Morgan fingerprint density at radius 1 is 1.07 bits per heavy atom. The quantitative estimate of drug-likeness (QED) is 0.859. The van der Waals surface area contributed by atoms with Crippen molar-refractivity contribution in [2.45, 2.75) is 18.4 Å². The van der Waals surface area contributed by atoms with Crippen molar-refractivity contribution in [3.05, 3.63) is 54.4 Å². The van der Waals surface area contributed by atoms with Crippen molar-refractivity contribution in [3.63, 3.8) is 0 Å². The Bertz CT molecular complexity index is 776. The van der Waals surface area contributed by atoms with Crippen molar-refractivity contribution < 1.29 is 9.53 Å². The fourth-order valence-corrected chi connectivity index (χ4v) is 4.34. The van der Waals surface area contributed by atoms with Gasteiger partial charge in [-0.15, -0.1) is 0 Å². The molecule has 0 saturated carbocycles. The maximum absolute atomic E-state index is 12.9. The van der Waals surface area contributed by atoms with Crippen LogP contribution in [0.5, 0.6) is 0 Å². The summed E-state index contributed by atoms with van der Waals surface area (Å²) in [6.45, 7) is 6.28. The number of nitrogens with one attached hydrogen (secondary N) is 1. The summed E-state index contributed by atoms with van der Waals surface area (Å²) in [4.78, 5) is 17.8. The minimum atomic E-state index is 0.000527. The Morgan fingerprint density at radius 3 is 2.50 bits per heavy atom. The van der Waals surface area contributed by atoms with Gasteiger partial charge in [-0.05, 0) is 63.3 Å². The molecule has 2 aromatic rings. The Balaban J connectivity index is 1.46. The van der Waals surface area contributed by atoms with E-state index in [0.717, 1.165) is 57.9 Å². The molecule has 0 radical (unpaired) electrons. The molecule has 6 heteroatoms. The van der Waals surface area contributed by atoms with Gasteiger partial charge in [-0.2, -0.15) is 0 Å². The van der Waals surface area contributed by atoms with E-state index in [-0.39, 0.29) is 11.4 Å². The van der Waals surface area contributed by atoms with Crippen LogP contribution in [0, 0.1) is 0 Å². The number of rotatable bonds is 5. The van der Waals surface area contributed by atoms with Crippen molar-refractivity contribution >= 4 is 5.91 Å². The first-order valence-corrected chi connectivity index (χ1v) is 10.2. The van der Waals surface area contributed by atoms with Crippen LogP contribution in [0.4, 0.5) is 0 Å². The molecule has 2 saturated heterocycles. The number of carbonyl (C=O) groups is 1. The number of likely N-dealkylation sites (tertiary alicyclic amines) is 1. The third-order valence-corrected chi connectivity index (χ3v) is 6.19. The van der Waals surface area contributed by atoms with E-state index in [2.05, 4.69) is 22.2 Å². The molecule has 2 aliphatic heterocycles. The molecule has 0 atom stereocenters. The maximum atomic E-state index is 12.9. The molecule has 6 nitrogen and oxygen atoms in total. The van der Waals surface area contributed by atoms with Gasteiger partial charge in [0.1, 0.15) is 0 Å². The lowest BCUT2D eigenvalue weighted by Gasteiger charge is -2.49. The summed E-state index contributed by atoms with van der Waals surface area (Å²) in [6, 6.07) is 11.8. The van der Waals surface area contributed by atoms with Crippen molar-refractivity contribution in [2.24, 2.45) is 0 Å². The van der Waals surface area contributed by atoms with Gasteiger partial charge in [-0.25, -0.2) is 0 Å². The van der Waals surface area contributed by atoms with Crippen molar-refractivity contribution in [1.82, 2.24) is 19.7 Å². The molecule has 1 aromatic carbocycles. The lowest BCUT2D eigenvalue weighted by Crippen LogP contribution is -2.62. The second-order valence-electron chi connectivity index (χ2n) is 7.95. The van der Waals surface area contributed by atoms with E-state index in [0.29, 0.717) is 12.1 Å². The number of carbonyl (C=O) groups excluding carboxylic acids is 1. The fourth-order valence-electron chi connectivity index (χ4n) is 4.34. The van der Waals surface area contributed by atoms with E-state index in [4.69, 9.17) is 4.74 Å².